The summed E-state index contributed by atoms with van der Waals surface area (Å²) in [6.07, 6.45) is 0.128. The van der Waals surface area contributed by atoms with Crippen LogP contribution < -0.4 is 10.1 Å². The molecule has 218 valence electrons. The number of benzene rings is 3. The molecule has 8 nitrogen and oxygen atoms in total. The summed E-state index contributed by atoms with van der Waals surface area (Å²) in [5, 5.41) is 12.7. The van der Waals surface area contributed by atoms with Gasteiger partial charge in [0.15, 0.2) is 14.6 Å². The van der Waals surface area contributed by atoms with Gasteiger partial charge in [0.1, 0.15) is 11.8 Å². The van der Waals surface area contributed by atoms with Gasteiger partial charge < -0.3 is 15.2 Å². The smallest absolute Gasteiger partial charge is 0.326 e. The molecule has 1 fully saturated rings. The fourth-order valence-corrected chi connectivity index (χ4v) is 7.40. The van der Waals surface area contributed by atoms with Crippen LogP contribution in [0.3, 0.4) is 0 Å². The molecule has 1 heterocycles. The summed E-state index contributed by atoms with van der Waals surface area (Å²) in [6, 6.07) is 21.6. The highest BCUT2D eigenvalue weighted by molar-refractivity contribution is 7.93. The Kier molecular flexibility index (Phi) is 8.89. The number of amides is 1. The first kappa shape index (κ1) is 30.3. The minimum Gasteiger partial charge on any atom is -0.496 e. The van der Waals surface area contributed by atoms with E-state index in [0.29, 0.717) is 18.7 Å². The van der Waals surface area contributed by atoms with Crippen LogP contribution in [0.5, 0.6) is 5.75 Å². The molecule has 0 radical (unpaired) electrons. The Morgan fingerprint density at radius 2 is 1.54 bits per heavy atom. The molecule has 4 rings (SSSR count). The minimum absolute atomic E-state index is 0.00284. The zero-order valence-electron chi connectivity index (χ0n) is 24.0. The number of hydrogen-bond acceptors (Lipinski definition) is 6. The summed E-state index contributed by atoms with van der Waals surface area (Å²) in [5.74, 6) is -1.28. The van der Waals surface area contributed by atoms with E-state index in [-0.39, 0.29) is 29.7 Å². The van der Waals surface area contributed by atoms with Crippen molar-refractivity contribution < 1.29 is 27.9 Å². The number of hydrogen-bond donors (Lipinski definition) is 2. The summed E-state index contributed by atoms with van der Waals surface area (Å²) >= 11 is 0. The standard InChI is InChI=1S/C32H38N2O6S/c1-31(2,3)34-20-18-32(19-21-34,41(38,39)25-10-6-5-7-11-25)30(37)33-27(29(35)36)22-23-14-16-24(17-15-23)26-12-8-9-13-28(26)40-4/h5-17,27H,18-22H2,1-4H3,(H,33,37)(H,35,36)/t27-/m0/s1. The van der Waals surface area contributed by atoms with Crippen LogP contribution in [0.4, 0.5) is 0 Å². The molecule has 0 bridgehead atoms. The number of ether oxygens (including phenoxy) is 1. The topological polar surface area (TPSA) is 113 Å². The molecule has 0 saturated carbocycles. The van der Waals surface area contributed by atoms with Gasteiger partial charge in [0, 0.05) is 30.6 Å². The van der Waals surface area contributed by atoms with Gasteiger partial charge >= 0.3 is 5.97 Å². The van der Waals surface area contributed by atoms with E-state index in [4.69, 9.17) is 4.74 Å². The molecule has 0 aromatic heterocycles. The van der Waals surface area contributed by atoms with Gasteiger partial charge in [0.25, 0.3) is 0 Å². The molecule has 1 saturated heterocycles. The number of carboxylic acids is 1. The first-order chi connectivity index (χ1) is 19.4. The molecule has 3 aromatic carbocycles. The predicted octanol–water partition coefficient (Wildman–Crippen LogP) is 4.58. The summed E-state index contributed by atoms with van der Waals surface area (Å²) < 4.78 is 31.7. The SMILES string of the molecule is COc1ccccc1-c1ccc(C[C@H](NC(=O)C2(S(=O)(=O)c3ccccc3)CCN(C(C)(C)C)CC2)C(=O)O)cc1. The number of aliphatic carboxylic acids is 1. The number of sulfone groups is 1. The molecular weight excluding hydrogens is 540 g/mol. The van der Waals surface area contributed by atoms with E-state index in [1.54, 1.807) is 25.3 Å². The van der Waals surface area contributed by atoms with Crippen LogP contribution in [-0.2, 0) is 25.8 Å². The number of rotatable bonds is 9. The van der Waals surface area contributed by atoms with E-state index in [0.717, 1.165) is 16.9 Å². The van der Waals surface area contributed by atoms with Crippen molar-refractivity contribution in [2.24, 2.45) is 0 Å². The maximum Gasteiger partial charge on any atom is 0.326 e. The molecule has 3 aromatic rings. The summed E-state index contributed by atoms with van der Waals surface area (Å²) in [6.45, 7) is 6.93. The lowest BCUT2D eigenvalue weighted by atomic mass is 9.90. The van der Waals surface area contributed by atoms with Crippen molar-refractivity contribution in [1.29, 1.82) is 0 Å². The molecule has 9 heteroatoms. The number of methoxy groups -OCH3 is 1. The average molecular weight is 579 g/mol. The van der Waals surface area contributed by atoms with E-state index in [2.05, 4.69) is 10.2 Å². The number of nitrogens with one attached hydrogen (secondary N) is 1. The van der Waals surface area contributed by atoms with Gasteiger partial charge in [-0.25, -0.2) is 13.2 Å². The Labute approximate surface area is 242 Å². The van der Waals surface area contributed by atoms with E-state index in [9.17, 15) is 23.1 Å². The number of carbonyl (C=O) groups excluding carboxylic acids is 1. The molecule has 1 amide bonds. The van der Waals surface area contributed by atoms with E-state index < -0.39 is 32.5 Å². The number of carbonyl (C=O) groups is 2. The Morgan fingerprint density at radius 1 is 0.951 bits per heavy atom. The summed E-state index contributed by atoms with van der Waals surface area (Å²) in [7, 11) is -2.52. The Bertz CT molecular complexity index is 1470. The lowest BCUT2D eigenvalue weighted by Crippen LogP contribution is -2.62. The monoisotopic (exact) mass is 578 g/mol. The maximum atomic E-state index is 14.0. The number of piperidine rings is 1. The van der Waals surface area contributed by atoms with Crippen LogP contribution in [0.1, 0.15) is 39.2 Å². The van der Waals surface area contributed by atoms with E-state index in [1.165, 1.54) is 12.1 Å². The van der Waals surface area contributed by atoms with Crippen LogP contribution in [-0.4, -0.2) is 66.8 Å². The second-order valence-electron chi connectivity index (χ2n) is 11.4. The van der Waals surface area contributed by atoms with Gasteiger partial charge in [-0.3, -0.25) is 9.69 Å². The predicted molar refractivity (Wildman–Crippen MR) is 159 cm³/mol. The summed E-state index contributed by atoms with van der Waals surface area (Å²) in [5.41, 5.74) is 2.30. The second-order valence-corrected chi connectivity index (χ2v) is 13.7. The number of likely N-dealkylation sites (tertiary alicyclic amines) is 1. The molecule has 0 aliphatic carbocycles. The minimum atomic E-state index is -4.12. The van der Waals surface area contributed by atoms with Crippen molar-refractivity contribution in [2.75, 3.05) is 20.2 Å². The zero-order chi connectivity index (χ0) is 29.8. The van der Waals surface area contributed by atoms with Crippen molar-refractivity contribution >= 4 is 21.7 Å². The highest BCUT2D eigenvalue weighted by Crippen LogP contribution is 2.38. The van der Waals surface area contributed by atoms with Gasteiger partial charge in [-0.1, -0.05) is 60.7 Å². The highest BCUT2D eigenvalue weighted by atomic mass is 32.2. The molecule has 1 aliphatic heterocycles. The fourth-order valence-electron chi connectivity index (χ4n) is 5.41. The van der Waals surface area contributed by atoms with Gasteiger partial charge in [-0.05, 0) is 62.9 Å². The van der Waals surface area contributed by atoms with Crippen LogP contribution in [0.25, 0.3) is 11.1 Å². The first-order valence-corrected chi connectivity index (χ1v) is 15.2. The largest absolute Gasteiger partial charge is 0.496 e. The average Bonchev–Trinajstić information content (AvgIpc) is 2.97. The van der Waals surface area contributed by atoms with Crippen molar-refractivity contribution in [1.82, 2.24) is 10.2 Å². The third kappa shape index (κ3) is 6.31. The van der Waals surface area contributed by atoms with Crippen molar-refractivity contribution in [2.45, 2.75) is 61.3 Å². The van der Waals surface area contributed by atoms with Crippen LogP contribution in [0, 0.1) is 0 Å². The lowest BCUT2D eigenvalue weighted by Gasteiger charge is -2.45. The normalized spacial score (nSPS) is 16.5. The quantitative estimate of drug-likeness (QED) is 0.382. The summed E-state index contributed by atoms with van der Waals surface area (Å²) in [4.78, 5) is 28.4. The molecule has 0 unspecified atom stereocenters. The van der Waals surface area contributed by atoms with Gasteiger partial charge in [-0.15, -0.1) is 0 Å². The molecule has 1 aliphatic rings. The Balaban J connectivity index is 1.60. The molecule has 1 atom stereocenters. The van der Waals surface area contributed by atoms with Crippen molar-refractivity contribution in [3.8, 4) is 16.9 Å². The molecule has 2 N–H and O–H groups in total. The zero-order valence-corrected chi connectivity index (χ0v) is 24.8. The third-order valence-electron chi connectivity index (χ3n) is 7.92. The number of carboxylic acid groups (broad SMARTS) is 1. The third-order valence-corrected chi connectivity index (χ3v) is 10.4. The molecule has 0 spiro atoms. The maximum absolute atomic E-state index is 14.0. The van der Waals surface area contributed by atoms with E-state index in [1.807, 2.05) is 69.3 Å². The highest BCUT2D eigenvalue weighted by Gasteiger charge is 2.54. The van der Waals surface area contributed by atoms with E-state index >= 15 is 0 Å². The van der Waals surface area contributed by atoms with Gasteiger partial charge in [0.05, 0.1) is 12.0 Å². The van der Waals surface area contributed by atoms with Crippen molar-refractivity contribution in [3.05, 3.63) is 84.4 Å². The van der Waals surface area contributed by atoms with Crippen LogP contribution in [0.2, 0.25) is 0 Å². The first-order valence-electron chi connectivity index (χ1n) is 13.7. The fraction of sp³-hybridized carbons (Fsp3) is 0.375. The molecular formula is C32H38N2O6S. The van der Waals surface area contributed by atoms with Crippen LogP contribution >= 0.6 is 0 Å². The Morgan fingerprint density at radius 3 is 2.10 bits per heavy atom. The van der Waals surface area contributed by atoms with Crippen molar-refractivity contribution in [3.63, 3.8) is 0 Å². The number of para-hydroxylation sites is 1. The second kappa shape index (κ2) is 12.0. The van der Waals surface area contributed by atoms with Gasteiger partial charge in [0.2, 0.25) is 5.91 Å². The Hall–Kier alpha value is -3.69. The molecule has 41 heavy (non-hydrogen) atoms. The lowest BCUT2D eigenvalue weighted by molar-refractivity contribution is -0.142. The van der Waals surface area contributed by atoms with Gasteiger partial charge in [-0.2, -0.15) is 0 Å². The number of nitrogens with zero attached hydrogens (tertiary/aromatic N) is 1. The van der Waals surface area contributed by atoms with Crippen LogP contribution in [0.15, 0.2) is 83.8 Å².